The average Bonchev–Trinajstić information content (AvgIpc) is 3.69. The fraction of sp³-hybridized carbons (Fsp3) is 0.333. The Kier molecular flexibility index (Phi) is 8.87. The van der Waals surface area contributed by atoms with Crippen molar-refractivity contribution >= 4 is 35.2 Å². The van der Waals surface area contributed by atoms with E-state index in [1.54, 1.807) is 36.5 Å². The third-order valence-corrected chi connectivity index (χ3v) is 10.8. The number of rotatable bonds is 9. The van der Waals surface area contributed by atoms with Crippen LogP contribution in [0.5, 0.6) is 0 Å². The van der Waals surface area contributed by atoms with E-state index >= 15 is 0 Å². The number of aliphatic hydroxyl groups is 1. The van der Waals surface area contributed by atoms with Crippen molar-refractivity contribution in [2.24, 2.45) is 5.92 Å². The van der Waals surface area contributed by atoms with Crippen LogP contribution in [0.4, 0.5) is 0 Å². The molecule has 51 heavy (non-hydrogen) atoms. The minimum absolute atomic E-state index is 0.0472. The zero-order valence-electron chi connectivity index (χ0n) is 27.8. The molecule has 1 aliphatic carbocycles. The van der Waals surface area contributed by atoms with Crippen molar-refractivity contribution < 1.29 is 29.0 Å². The van der Waals surface area contributed by atoms with Crippen molar-refractivity contribution in [2.45, 2.75) is 50.3 Å². The van der Waals surface area contributed by atoms with Gasteiger partial charge in [0.25, 0.3) is 17.7 Å². The highest BCUT2D eigenvalue weighted by atomic mass is 35.5. The Morgan fingerprint density at radius 3 is 2.41 bits per heavy atom. The van der Waals surface area contributed by atoms with Gasteiger partial charge in [-0.25, -0.2) is 9.97 Å². The van der Waals surface area contributed by atoms with Gasteiger partial charge in [-0.05, 0) is 60.1 Å². The Morgan fingerprint density at radius 2 is 1.65 bits per heavy atom. The molecule has 0 spiro atoms. The summed E-state index contributed by atoms with van der Waals surface area (Å²) in [6, 6.07) is 18.5. The molecule has 4 aliphatic rings. The van der Waals surface area contributed by atoms with Gasteiger partial charge < -0.3 is 20.1 Å². The first-order valence-electron chi connectivity index (χ1n) is 17.3. The Labute approximate surface area is 299 Å². The van der Waals surface area contributed by atoms with E-state index in [9.17, 15) is 24.3 Å². The number of halogens is 1. The van der Waals surface area contributed by atoms with Crippen LogP contribution in [0.25, 0.3) is 11.3 Å². The lowest BCUT2D eigenvalue weighted by Gasteiger charge is -2.27. The predicted octanol–water partition coefficient (Wildman–Crippen LogP) is 4.72. The largest absolute Gasteiger partial charge is 0.390 e. The van der Waals surface area contributed by atoms with E-state index in [2.05, 4.69) is 10.3 Å². The SMILES string of the molecule is O=C(CN1C(=O)c2cc(-c3nc(CC4CCOCC4)ncc3Cl)ccc2C1CCN1C(=O)c2ccccc2C1=O)N[C@H]1c2ccccc2C[C@H]1O. The second-order valence-electron chi connectivity index (χ2n) is 13.6. The van der Waals surface area contributed by atoms with Gasteiger partial charge in [-0.15, -0.1) is 0 Å². The number of imide groups is 1. The second kappa shape index (κ2) is 13.6. The normalized spacial score (nSPS) is 21.2. The number of carbonyl (C=O) groups excluding carboxylic acids is 4. The number of hydrogen-bond acceptors (Lipinski definition) is 8. The molecule has 260 valence electrons. The molecule has 1 saturated heterocycles. The standard InChI is InChI=1S/C39H36ClN5O6/c40-30-20-41-33(17-22-12-15-51-16-13-22)42-35(30)24-9-10-26-29(18-24)39(50)45(21-34(47)43-36-25-6-2-1-5-23(25)19-32(36)46)31(26)11-14-44-37(48)27-7-3-4-8-28(27)38(44)49/h1-10,18,20,22,31-32,36,46H,11-17,19,21H2,(H,43,47)/t31?,32-,36+/m1/s1. The Morgan fingerprint density at radius 1 is 0.922 bits per heavy atom. The van der Waals surface area contributed by atoms with Crippen LogP contribution in [0.3, 0.4) is 0 Å². The van der Waals surface area contributed by atoms with Crippen LogP contribution in [-0.4, -0.2) is 80.9 Å². The van der Waals surface area contributed by atoms with Crippen molar-refractivity contribution in [3.05, 3.63) is 117 Å². The Balaban J connectivity index is 1.07. The van der Waals surface area contributed by atoms with Crippen LogP contribution in [0, 0.1) is 5.92 Å². The highest BCUT2D eigenvalue weighted by Gasteiger charge is 2.41. The van der Waals surface area contributed by atoms with Gasteiger partial charge in [-0.1, -0.05) is 60.1 Å². The molecule has 4 amide bonds. The molecule has 3 aromatic carbocycles. The Bertz CT molecular complexity index is 2030. The van der Waals surface area contributed by atoms with Crippen LogP contribution in [0.1, 0.15) is 84.9 Å². The lowest BCUT2D eigenvalue weighted by molar-refractivity contribution is -0.123. The molecule has 8 rings (SSSR count). The van der Waals surface area contributed by atoms with E-state index in [0.29, 0.717) is 63.1 Å². The monoisotopic (exact) mass is 705 g/mol. The maximum Gasteiger partial charge on any atom is 0.261 e. The van der Waals surface area contributed by atoms with E-state index in [4.69, 9.17) is 21.3 Å². The lowest BCUT2D eigenvalue weighted by Crippen LogP contribution is -2.43. The Hall–Kier alpha value is -4.97. The molecule has 0 saturated carbocycles. The van der Waals surface area contributed by atoms with Crippen LogP contribution in [0.15, 0.2) is 72.9 Å². The van der Waals surface area contributed by atoms with Gasteiger partial charge in [0, 0.05) is 49.9 Å². The van der Waals surface area contributed by atoms with Gasteiger partial charge in [0.05, 0.1) is 40.0 Å². The summed E-state index contributed by atoms with van der Waals surface area (Å²) < 4.78 is 5.50. The molecular weight excluding hydrogens is 670 g/mol. The van der Waals surface area contributed by atoms with E-state index < -0.39 is 24.1 Å². The van der Waals surface area contributed by atoms with Crippen molar-refractivity contribution in [1.29, 1.82) is 0 Å². The van der Waals surface area contributed by atoms with Crippen LogP contribution in [0.2, 0.25) is 5.02 Å². The number of aliphatic hydroxyl groups excluding tert-OH is 1. The van der Waals surface area contributed by atoms with Gasteiger partial charge in [0.15, 0.2) is 0 Å². The molecule has 0 bridgehead atoms. The van der Waals surface area contributed by atoms with E-state index in [-0.39, 0.29) is 37.2 Å². The molecule has 3 aliphatic heterocycles. The second-order valence-corrected chi connectivity index (χ2v) is 14.0. The van der Waals surface area contributed by atoms with Crippen LogP contribution < -0.4 is 5.32 Å². The van der Waals surface area contributed by atoms with Crippen LogP contribution >= 0.6 is 11.6 Å². The number of hydrogen-bond donors (Lipinski definition) is 2. The highest BCUT2D eigenvalue weighted by molar-refractivity contribution is 6.32. The fourth-order valence-electron chi connectivity index (χ4n) is 7.87. The summed E-state index contributed by atoms with van der Waals surface area (Å²) in [4.78, 5) is 66.2. The van der Waals surface area contributed by atoms with E-state index in [0.717, 1.165) is 37.2 Å². The number of ether oxygens (including phenoxy) is 1. The quantitative estimate of drug-likeness (QED) is 0.238. The van der Waals surface area contributed by atoms with Crippen molar-refractivity contribution in [2.75, 3.05) is 26.3 Å². The molecule has 12 heteroatoms. The lowest BCUT2D eigenvalue weighted by atomic mass is 9.96. The van der Waals surface area contributed by atoms with Gasteiger partial charge in [-0.3, -0.25) is 24.1 Å². The number of benzene rings is 3. The zero-order valence-corrected chi connectivity index (χ0v) is 28.5. The molecule has 4 aromatic rings. The summed E-state index contributed by atoms with van der Waals surface area (Å²) in [6.45, 7) is 1.20. The summed E-state index contributed by atoms with van der Waals surface area (Å²) in [5.41, 5.74) is 4.71. The molecule has 2 N–H and O–H groups in total. The smallest absolute Gasteiger partial charge is 0.261 e. The highest BCUT2D eigenvalue weighted by Crippen LogP contribution is 2.40. The van der Waals surface area contributed by atoms with Gasteiger partial charge >= 0.3 is 0 Å². The van der Waals surface area contributed by atoms with Crippen LogP contribution in [-0.2, 0) is 22.4 Å². The number of fused-ring (bicyclic) bond motifs is 3. The predicted molar refractivity (Wildman–Crippen MR) is 187 cm³/mol. The minimum atomic E-state index is -0.793. The zero-order chi connectivity index (χ0) is 35.2. The van der Waals surface area contributed by atoms with E-state index in [1.807, 2.05) is 36.4 Å². The minimum Gasteiger partial charge on any atom is -0.390 e. The van der Waals surface area contributed by atoms with Gasteiger partial charge in [-0.2, -0.15) is 0 Å². The topological polar surface area (TPSA) is 142 Å². The molecule has 1 aromatic heterocycles. The number of nitrogens with zero attached hydrogens (tertiary/aromatic N) is 4. The third-order valence-electron chi connectivity index (χ3n) is 10.5. The molecule has 1 fully saturated rings. The first-order valence-corrected chi connectivity index (χ1v) is 17.7. The molecule has 0 radical (unpaired) electrons. The fourth-order valence-corrected chi connectivity index (χ4v) is 8.07. The van der Waals surface area contributed by atoms with Crippen molar-refractivity contribution in [1.82, 2.24) is 25.1 Å². The molecule has 4 heterocycles. The van der Waals surface area contributed by atoms with Crippen molar-refractivity contribution in [3.63, 3.8) is 0 Å². The average molecular weight is 706 g/mol. The number of carbonyl (C=O) groups is 4. The number of aromatic nitrogens is 2. The summed E-state index contributed by atoms with van der Waals surface area (Å²) in [5.74, 6) is -0.488. The van der Waals surface area contributed by atoms with Crippen molar-refractivity contribution in [3.8, 4) is 11.3 Å². The molecule has 1 unspecified atom stereocenters. The first kappa shape index (κ1) is 33.2. The first-order chi connectivity index (χ1) is 24.8. The third kappa shape index (κ3) is 6.19. The molecule has 3 atom stereocenters. The van der Waals surface area contributed by atoms with Gasteiger partial charge in [0.1, 0.15) is 12.4 Å². The summed E-state index contributed by atoms with van der Waals surface area (Å²) in [6.07, 6.45) is 4.00. The molecular formula is C39H36ClN5O6. The summed E-state index contributed by atoms with van der Waals surface area (Å²) in [7, 11) is 0. The number of amides is 4. The van der Waals surface area contributed by atoms with Gasteiger partial charge in [0.2, 0.25) is 5.91 Å². The summed E-state index contributed by atoms with van der Waals surface area (Å²) in [5, 5.41) is 14.1. The maximum atomic E-state index is 14.2. The molecule has 11 nitrogen and oxygen atoms in total. The number of nitrogens with one attached hydrogen (secondary N) is 1. The summed E-state index contributed by atoms with van der Waals surface area (Å²) >= 11 is 6.62. The van der Waals surface area contributed by atoms with E-state index in [1.165, 1.54) is 9.80 Å². The maximum absolute atomic E-state index is 14.2.